The molecule has 2 nitrogen and oxygen atoms in total. The molecule has 5 heteroatoms. The fourth-order valence-electron chi connectivity index (χ4n) is 2.58. The van der Waals surface area contributed by atoms with E-state index < -0.39 is 33.8 Å². The van der Waals surface area contributed by atoms with Gasteiger partial charge < -0.3 is 4.55 Å². The minimum absolute atomic E-state index is 0.0764. The number of benzene rings is 2. The largest absolute Gasteiger partial charge is 0.598 e. The Hall–Kier alpha value is -1.43. The van der Waals surface area contributed by atoms with Gasteiger partial charge in [-0.3, -0.25) is 0 Å². The molecule has 0 saturated heterocycles. The van der Waals surface area contributed by atoms with E-state index in [1.807, 2.05) is 51.1 Å². The SMILES string of the molecule is CC(C)c1c(F)cc([C@@H](N[S@+]([O-])C(C)(C)C)c2ccccc2)cc1F. The van der Waals surface area contributed by atoms with Crippen molar-refractivity contribution in [3.63, 3.8) is 0 Å². The van der Waals surface area contributed by atoms with Crippen LogP contribution in [0.2, 0.25) is 0 Å². The molecule has 0 unspecified atom stereocenters. The van der Waals surface area contributed by atoms with Crippen molar-refractivity contribution in [1.82, 2.24) is 4.72 Å². The maximum atomic E-state index is 14.5. The van der Waals surface area contributed by atoms with Gasteiger partial charge in [-0.25, -0.2) is 8.78 Å². The van der Waals surface area contributed by atoms with Crippen LogP contribution in [0.5, 0.6) is 0 Å². The van der Waals surface area contributed by atoms with E-state index in [1.54, 1.807) is 13.8 Å². The highest BCUT2D eigenvalue weighted by molar-refractivity contribution is 7.90. The van der Waals surface area contributed by atoms with Crippen LogP contribution in [0, 0.1) is 11.6 Å². The molecule has 0 amide bonds. The summed E-state index contributed by atoms with van der Waals surface area (Å²) in [6.45, 7) is 9.05. The highest BCUT2D eigenvalue weighted by Crippen LogP contribution is 2.30. The first-order valence-electron chi connectivity index (χ1n) is 8.33. The summed E-state index contributed by atoms with van der Waals surface area (Å²) in [5, 5.41) is 0. The van der Waals surface area contributed by atoms with E-state index in [4.69, 9.17) is 0 Å². The van der Waals surface area contributed by atoms with E-state index in [1.165, 1.54) is 12.1 Å². The standard InChI is InChI=1S/C20H25F2NOS/c1-13(2)18-16(21)11-15(12-17(18)22)19(14-9-7-6-8-10-14)23-25(24)20(3,4)5/h6-13,19,23H,1-5H3/t19-,25+/m0/s1. The summed E-state index contributed by atoms with van der Waals surface area (Å²) in [6, 6.07) is 11.4. The molecule has 2 aromatic carbocycles. The van der Waals surface area contributed by atoms with Gasteiger partial charge in [0.25, 0.3) is 0 Å². The van der Waals surface area contributed by atoms with Crippen molar-refractivity contribution in [2.24, 2.45) is 0 Å². The predicted octanol–water partition coefficient (Wildman–Crippen LogP) is 5.23. The van der Waals surface area contributed by atoms with Crippen LogP contribution < -0.4 is 4.72 Å². The molecule has 0 aliphatic heterocycles. The van der Waals surface area contributed by atoms with E-state index in [-0.39, 0.29) is 11.5 Å². The van der Waals surface area contributed by atoms with Crippen molar-refractivity contribution in [3.8, 4) is 0 Å². The normalized spacial score (nSPS) is 14.6. The third-order valence-electron chi connectivity index (χ3n) is 3.93. The molecule has 1 N–H and O–H groups in total. The Kier molecular flexibility index (Phi) is 6.25. The minimum atomic E-state index is -1.39. The second-order valence-electron chi connectivity index (χ2n) is 7.40. The lowest BCUT2D eigenvalue weighted by Gasteiger charge is -2.28. The zero-order chi connectivity index (χ0) is 18.8. The molecule has 0 fully saturated rings. The van der Waals surface area contributed by atoms with Gasteiger partial charge in [-0.15, -0.1) is 4.72 Å². The molecule has 0 aliphatic carbocycles. The average molecular weight is 365 g/mol. The van der Waals surface area contributed by atoms with Crippen LogP contribution in [0.1, 0.15) is 63.3 Å². The first kappa shape index (κ1) is 19.9. The first-order chi connectivity index (χ1) is 11.6. The van der Waals surface area contributed by atoms with Crippen molar-refractivity contribution in [2.75, 3.05) is 0 Å². The third kappa shape index (κ3) is 4.81. The van der Waals surface area contributed by atoms with E-state index in [0.717, 1.165) is 5.56 Å². The first-order valence-corrected chi connectivity index (χ1v) is 9.48. The van der Waals surface area contributed by atoms with Gasteiger partial charge in [0.1, 0.15) is 22.4 Å². The molecule has 0 heterocycles. The van der Waals surface area contributed by atoms with Crippen LogP contribution in [-0.2, 0) is 11.4 Å². The summed E-state index contributed by atoms with van der Waals surface area (Å²) in [7, 11) is 0. The van der Waals surface area contributed by atoms with E-state index in [0.29, 0.717) is 5.56 Å². The Bertz CT molecular complexity index is 690. The Morgan fingerprint density at radius 2 is 1.48 bits per heavy atom. The number of hydrogen-bond acceptors (Lipinski definition) is 2. The summed E-state index contributed by atoms with van der Waals surface area (Å²) < 4.78 is 44.0. The maximum absolute atomic E-state index is 14.5. The Morgan fingerprint density at radius 3 is 1.92 bits per heavy atom. The number of hydrogen-bond donors (Lipinski definition) is 1. The van der Waals surface area contributed by atoms with Crippen LogP contribution in [0.25, 0.3) is 0 Å². The molecule has 0 aliphatic rings. The highest BCUT2D eigenvalue weighted by Gasteiger charge is 2.31. The zero-order valence-corrected chi connectivity index (χ0v) is 16.1. The molecule has 0 radical (unpaired) electrons. The minimum Gasteiger partial charge on any atom is -0.598 e. The van der Waals surface area contributed by atoms with E-state index in [9.17, 15) is 13.3 Å². The van der Waals surface area contributed by atoms with Gasteiger partial charge in [-0.2, -0.15) is 0 Å². The molecule has 25 heavy (non-hydrogen) atoms. The van der Waals surface area contributed by atoms with Crippen molar-refractivity contribution in [1.29, 1.82) is 0 Å². The fraction of sp³-hybridized carbons (Fsp3) is 0.400. The fourth-order valence-corrected chi connectivity index (χ4v) is 3.42. The number of halogens is 2. The van der Waals surface area contributed by atoms with Gasteiger partial charge >= 0.3 is 0 Å². The van der Waals surface area contributed by atoms with Gasteiger partial charge in [0.15, 0.2) is 0 Å². The van der Waals surface area contributed by atoms with E-state index >= 15 is 0 Å². The Morgan fingerprint density at radius 1 is 0.960 bits per heavy atom. The number of rotatable bonds is 5. The average Bonchev–Trinajstić information content (AvgIpc) is 2.51. The quantitative estimate of drug-likeness (QED) is 0.737. The topological polar surface area (TPSA) is 35.1 Å². The molecule has 0 spiro atoms. The summed E-state index contributed by atoms with van der Waals surface area (Å²) in [5.41, 5.74) is 1.30. The van der Waals surface area contributed by atoms with Crippen LogP contribution >= 0.6 is 0 Å². The molecular weight excluding hydrogens is 340 g/mol. The lowest BCUT2D eigenvalue weighted by molar-refractivity contribution is 0.524. The molecule has 0 saturated carbocycles. The second kappa shape index (κ2) is 7.85. The lowest BCUT2D eigenvalue weighted by atomic mass is 9.94. The smallest absolute Gasteiger partial charge is 0.136 e. The zero-order valence-electron chi connectivity index (χ0n) is 15.3. The molecule has 2 rings (SSSR count). The monoisotopic (exact) mass is 365 g/mol. The van der Waals surface area contributed by atoms with Crippen molar-refractivity contribution < 1.29 is 13.3 Å². The molecule has 2 atom stereocenters. The van der Waals surface area contributed by atoms with Gasteiger partial charge in [0.2, 0.25) is 0 Å². The van der Waals surface area contributed by atoms with Crippen LogP contribution in [0.4, 0.5) is 8.78 Å². The van der Waals surface area contributed by atoms with E-state index in [2.05, 4.69) is 4.72 Å². The van der Waals surface area contributed by atoms with Gasteiger partial charge in [0.05, 0.1) is 0 Å². The summed E-state index contributed by atoms with van der Waals surface area (Å²) >= 11 is -1.39. The Labute approximate surface area is 152 Å². The molecular formula is C20H25F2NOS. The summed E-state index contributed by atoms with van der Waals surface area (Å²) in [4.78, 5) is 0. The molecule has 0 bridgehead atoms. The molecule has 0 aromatic heterocycles. The third-order valence-corrected chi connectivity index (χ3v) is 5.49. The summed E-state index contributed by atoms with van der Waals surface area (Å²) in [5.74, 6) is -1.40. The molecule has 136 valence electrons. The van der Waals surface area contributed by atoms with Crippen molar-refractivity contribution >= 4 is 11.4 Å². The molecule has 2 aromatic rings. The van der Waals surface area contributed by atoms with Gasteiger partial charge in [0, 0.05) is 16.9 Å². The summed E-state index contributed by atoms with van der Waals surface area (Å²) in [6.07, 6.45) is 0. The lowest BCUT2D eigenvalue weighted by Crippen LogP contribution is -2.41. The van der Waals surface area contributed by atoms with Gasteiger partial charge in [-0.05, 0) is 49.9 Å². The number of nitrogens with one attached hydrogen (secondary N) is 1. The Balaban J connectivity index is 2.49. The van der Waals surface area contributed by atoms with Gasteiger partial charge in [-0.1, -0.05) is 44.2 Å². The van der Waals surface area contributed by atoms with Crippen LogP contribution in [-0.4, -0.2) is 9.30 Å². The second-order valence-corrected chi connectivity index (χ2v) is 9.39. The van der Waals surface area contributed by atoms with Crippen molar-refractivity contribution in [3.05, 3.63) is 70.8 Å². The highest BCUT2D eigenvalue weighted by atomic mass is 32.2. The predicted molar refractivity (Wildman–Crippen MR) is 99.8 cm³/mol. The van der Waals surface area contributed by atoms with Crippen LogP contribution in [0.15, 0.2) is 42.5 Å². The maximum Gasteiger partial charge on any atom is 0.136 e. The van der Waals surface area contributed by atoms with Crippen LogP contribution in [0.3, 0.4) is 0 Å². The van der Waals surface area contributed by atoms with Crippen molar-refractivity contribution in [2.45, 2.75) is 51.3 Å².